The Labute approximate surface area is 139 Å². The minimum Gasteiger partial charge on any atom is -0.288 e. The van der Waals surface area contributed by atoms with E-state index in [0.29, 0.717) is 0 Å². The maximum atomic E-state index is 12.2. The average molecular weight is 330 g/mol. The first-order chi connectivity index (χ1) is 11.7. The fraction of sp³-hybridized carbons (Fsp3) is 0.222. The molecule has 0 amide bonds. The zero-order chi connectivity index (χ0) is 17.4. The SMILES string of the molecule is O=C(C(=O)C(Cc1ccccc1)OO)C(Cc1ccccc1)OO. The van der Waals surface area contributed by atoms with Gasteiger partial charge in [-0.25, -0.2) is 9.78 Å². The van der Waals surface area contributed by atoms with Gasteiger partial charge < -0.3 is 0 Å². The van der Waals surface area contributed by atoms with E-state index in [2.05, 4.69) is 9.78 Å². The molecule has 0 bridgehead atoms. The summed E-state index contributed by atoms with van der Waals surface area (Å²) in [6.45, 7) is 0. The third-order valence-electron chi connectivity index (χ3n) is 3.61. The zero-order valence-corrected chi connectivity index (χ0v) is 12.9. The number of ketones is 2. The normalized spacial score (nSPS) is 13.2. The van der Waals surface area contributed by atoms with E-state index < -0.39 is 23.8 Å². The first-order valence-electron chi connectivity index (χ1n) is 7.42. The summed E-state index contributed by atoms with van der Waals surface area (Å²) < 4.78 is 0. The largest absolute Gasteiger partial charge is 0.288 e. The van der Waals surface area contributed by atoms with E-state index in [0.717, 1.165) is 11.1 Å². The van der Waals surface area contributed by atoms with Crippen molar-refractivity contribution in [1.82, 2.24) is 0 Å². The molecule has 0 spiro atoms. The number of carbonyl (C=O) groups is 2. The van der Waals surface area contributed by atoms with Crippen LogP contribution in [0.15, 0.2) is 60.7 Å². The number of benzene rings is 2. The molecule has 2 aromatic rings. The Morgan fingerprint density at radius 3 is 1.33 bits per heavy atom. The third kappa shape index (κ3) is 4.81. The second kappa shape index (κ2) is 9.05. The number of rotatable bonds is 9. The maximum Gasteiger partial charge on any atom is 0.233 e. The lowest BCUT2D eigenvalue weighted by molar-refractivity contribution is -0.277. The van der Waals surface area contributed by atoms with Crippen molar-refractivity contribution < 1.29 is 29.9 Å². The van der Waals surface area contributed by atoms with E-state index in [1.165, 1.54) is 0 Å². The molecule has 126 valence electrons. The first-order valence-corrected chi connectivity index (χ1v) is 7.42. The molecule has 0 saturated heterocycles. The van der Waals surface area contributed by atoms with Crippen molar-refractivity contribution in [2.75, 3.05) is 0 Å². The monoisotopic (exact) mass is 330 g/mol. The molecule has 0 radical (unpaired) electrons. The van der Waals surface area contributed by atoms with Gasteiger partial charge in [-0.15, -0.1) is 0 Å². The van der Waals surface area contributed by atoms with Gasteiger partial charge in [-0.05, 0) is 11.1 Å². The molecule has 2 rings (SSSR count). The van der Waals surface area contributed by atoms with Crippen LogP contribution in [-0.4, -0.2) is 34.3 Å². The van der Waals surface area contributed by atoms with Crippen LogP contribution in [0, 0.1) is 0 Å². The van der Waals surface area contributed by atoms with Crippen LogP contribution in [-0.2, 0) is 32.2 Å². The van der Waals surface area contributed by atoms with Gasteiger partial charge in [-0.2, -0.15) is 0 Å². The highest BCUT2D eigenvalue weighted by Gasteiger charge is 2.33. The van der Waals surface area contributed by atoms with Gasteiger partial charge in [0.1, 0.15) is 0 Å². The summed E-state index contributed by atoms with van der Waals surface area (Å²) in [5, 5.41) is 17.9. The van der Waals surface area contributed by atoms with E-state index in [1.54, 1.807) is 60.7 Å². The molecule has 2 N–H and O–H groups in total. The number of hydrogen-bond acceptors (Lipinski definition) is 6. The van der Waals surface area contributed by atoms with Crippen LogP contribution in [0.1, 0.15) is 11.1 Å². The van der Waals surface area contributed by atoms with E-state index >= 15 is 0 Å². The minimum atomic E-state index is -1.35. The molecule has 2 aromatic carbocycles. The predicted octanol–water partition coefficient (Wildman–Crippen LogP) is 2.33. The smallest absolute Gasteiger partial charge is 0.233 e. The summed E-state index contributed by atoms with van der Waals surface area (Å²) in [6, 6.07) is 17.7. The van der Waals surface area contributed by atoms with Crippen molar-refractivity contribution >= 4 is 11.6 Å². The van der Waals surface area contributed by atoms with E-state index in [9.17, 15) is 9.59 Å². The molecule has 0 fully saturated rings. The highest BCUT2D eigenvalue weighted by molar-refractivity contribution is 6.40. The summed E-state index contributed by atoms with van der Waals surface area (Å²) in [5.74, 6) is -1.92. The molecule has 2 unspecified atom stereocenters. The van der Waals surface area contributed by atoms with Crippen molar-refractivity contribution in [2.24, 2.45) is 0 Å². The van der Waals surface area contributed by atoms with Gasteiger partial charge in [0.15, 0.2) is 12.2 Å². The van der Waals surface area contributed by atoms with Crippen LogP contribution < -0.4 is 0 Å². The first kappa shape index (κ1) is 18.0. The lowest BCUT2D eigenvalue weighted by atomic mass is 9.97. The van der Waals surface area contributed by atoms with Crippen molar-refractivity contribution in [3.05, 3.63) is 71.8 Å². The van der Waals surface area contributed by atoms with Gasteiger partial charge in [-0.3, -0.25) is 20.1 Å². The van der Waals surface area contributed by atoms with Crippen molar-refractivity contribution in [2.45, 2.75) is 25.0 Å². The topological polar surface area (TPSA) is 93.1 Å². The lowest BCUT2D eigenvalue weighted by Gasteiger charge is -2.16. The van der Waals surface area contributed by atoms with Gasteiger partial charge in [0.05, 0.1) is 0 Å². The average Bonchev–Trinajstić information content (AvgIpc) is 2.64. The Morgan fingerprint density at radius 2 is 1.04 bits per heavy atom. The predicted molar refractivity (Wildman–Crippen MR) is 85.3 cm³/mol. The van der Waals surface area contributed by atoms with Crippen LogP contribution >= 0.6 is 0 Å². The van der Waals surface area contributed by atoms with Gasteiger partial charge in [0.25, 0.3) is 0 Å². The number of Topliss-reactive ketones (excluding diaryl/α,β-unsaturated/α-hetero) is 2. The fourth-order valence-electron chi connectivity index (χ4n) is 2.33. The molecule has 6 heteroatoms. The molecule has 2 atom stereocenters. The van der Waals surface area contributed by atoms with Crippen molar-refractivity contribution in [3.8, 4) is 0 Å². The highest BCUT2D eigenvalue weighted by Crippen LogP contribution is 2.11. The van der Waals surface area contributed by atoms with Crippen LogP contribution in [0.4, 0.5) is 0 Å². The molecule has 6 nitrogen and oxygen atoms in total. The Balaban J connectivity index is 2.05. The third-order valence-corrected chi connectivity index (χ3v) is 3.61. The van der Waals surface area contributed by atoms with Gasteiger partial charge >= 0.3 is 0 Å². The maximum absolute atomic E-state index is 12.2. The standard InChI is InChI=1S/C18H18O6/c19-17(15(23-21)11-13-7-3-1-4-8-13)18(20)16(24-22)12-14-9-5-2-6-10-14/h1-10,15-16,21-22H,11-12H2. The van der Waals surface area contributed by atoms with Gasteiger partial charge in [0, 0.05) is 12.8 Å². The lowest BCUT2D eigenvalue weighted by Crippen LogP contribution is -2.40. The molecule has 0 aliphatic carbocycles. The quantitative estimate of drug-likeness (QED) is 0.416. The summed E-state index contributed by atoms with van der Waals surface area (Å²) in [6.07, 6.45) is -2.64. The number of hydrogen-bond donors (Lipinski definition) is 2. The number of carbonyl (C=O) groups excluding carboxylic acids is 2. The van der Waals surface area contributed by atoms with E-state index in [1.807, 2.05) is 0 Å². The minimum absolute atomic E-state index is 0.0331. The Kier molecular flexibility index (Phi) is 6.77. The van der Waals surface area contributed by atoms with Gasteiger partial charge in [-0.1, -0.05) is 60.7 Å². The molecule has 0 heterocycles. The summed E-state index contributed by atoms with van der Waals surface area (Å²) in [4.78, 5) is 32.8. The van der Waals surface area contributed by atoms with E-state index in [4.69, 9.17) is 10.5 Å². The Bertz CT molecular complexity index is 596. The summed E-state index contributed by atoms with van der Waals surface area (Å²) in [5.41, 5.74) is 1.45. The Morgan fingerprint density at radius 1 is 0.708 bits per heavy atom. The second-order valence-corrected chi connectivity index (χ2v) is 5.30. The fourth-order valence-corrected chi connectivity index (χ4v) is 2.33. The summed E-state index contributed by atoms with van der Waals surface area (Å²) >= 11 is 0. The van der Waals surface area contributed by atoms with Crippen LogP contribution in [0.2, 0.25) is 0 Å². The van der Waals surface area contributed by atoms with E-state index in [-0.39, 0.29) is 12.8 Å². The van der Waals surface area contributed by atoms with Crippen LogP contribution in [0.5, 0.6) is 0 Å². The Hall–Kier alpha value is -2.38. The van der Waals surface area contributed by atoms with Crippen LogP contribution in [0.3, 0.4) is 0 Å². The van der Waals surface area contributed by atoms with Gasteiger partial charge in [0.2, 0.25) is 11.6 Å². The zero-order valence-electron chi connectivity index (χ0n) is 12.9. The molecular weight excluding hydrogens is 312 g/mol. The molecule has 24 heavy (non-hydrogen) atoms. The van der Waals surface area contributed by atoms with Crippen LogP contribution in [0.25, 0.3) is 0 Å². The molecule has 0 saturated carbocycles. The molecular formula is C18H18O6. The highest BCUT2D eigenvalue weighted by atomic mass is 17.1. The molecule has 0 aromatic heterocycles. The van der Waals surface area contributed by atoms with Crippen molar-refractivity contribution in [3.63, 3.8) is 0 Å². The summed E-state index contributed by atoms with van der Waals surface area (Å²) in [7, 11) is 0. The second-order valence-electron chi connectivity index (χ2n) is 5.30. The molecule has 0 aliphatic heterocycles. The molecule has 0 aliphatic rings. The van der Waals surface area contributed by atoms with Crippen molar-refractivity contribution in [1.29, 1.82) is 0 Å².